The van der Waals surface area contributed by atoms with E-state index in [1.807, 2.05) is 6.07 Å². The van der Waals surface area contributed by atoms with Crippen molar-refractivity contribution < 1.29 is 5.11 Å². The quantitative estimate of drug-likeness (QED) is 0.723. The van der Waals surface area contributed by atoms with E-state index in [2.05, 4.69) is 5.32 Å². The van der Waals surface area contributed by atoms with Gasteiger partial charge in [-0.1, -0.05) is 17.7 Å². The van der Waals surface area contributed by atoms with Gasteiger partial charge in [0.1, 0.15) is 5.75 Å². The third-order valence-corrected chi connectivity index (χ3v) is 2.82. The number of phenols is 1. The fourth-order valence-corrected chi connectivity index (χ4v) is 1.84. The Morgan fingerprint density at radius 2 is 2.31 bits per heavy atom. The highest BCUT2D eigenvalue weighted by atomic mass is 35.5. The third kappa shape index (κ3) is 1.79. The van der Waals surface area contributed by atoms with Crippen molar-refractivity contribution in [2.24, 2.45) is 0 Å². The molecule has 13 heavy (non-hydrogen) atoms. The van der Waals surface area contributed by atoms with Gasteiger partial charge in [-0.05, 0) is 36.6 Å². The third-order valence-electron chi connectivity index (χ3n) is 2.50. The molecule has 70 valence electrons. The molecule has 0 spiro atoms. The maximum Gasteiger partial charge on any atom is 0.134 e. The molecule has 1 heterocycles. The van der Waals surface area contributed by atoms with Crippen molar-refractivity contribution in [2.75, 3.05) is 13.1 Å². The van der Waals surface area contributed by atoms with Gasteiger partial charge in [-0.2, -0.15) is 0 Å². The summed E-state index contributed by atoms with van der Waals surface area (Å²) in [5.41, 5.74) is 1.17. The van der Waals surface area contributed by atoms with Crippen molar-refractivity contribution in [2.45, 2.75) is 12.3 Å². The topological polar surface area (TPSA) is 32.3 Å². The van der Waals surface area contributed by atoms with E-state index in [9.17, 15) is 5.11 Å². The van der Waals surface area contributed by atoms with Gasteiger partial charge < -0.3 is 10.4 Å². The first kappa shape index (κ1) is 8.85. The van der Waals surface area contributed by atoms with E-state index in [0.29, 0.717) is 10.9 Å². The first-order valence-corrected chi connectivity index (χ1v) is 4.84. The van der Waals surface area contributed by atoms with Gasteiger partial charge in [0.25, 0.3) is 0 Å². The number of rotatable bonds is 1. The van der Waals surface area contributed by atoms with Crippen LogP contribution in [-0.2, 0) is 0 Å². The fraction of sp³-hybridized carbons (Fsp3) is 0.400. The zero-order valence-corrected chi connectivity index (χ0v) is 8.01. The van der Waals surface area contributed by atoms with Crippen LogP contribution < -0.4 is 5.32 Å². The average molecular weight is 198 g/mol. The number of nitrogens with one attached hydrogen (secondary N) is 1. The summed E-state index contributed by atoms with van der Waals surface area (Å²) >= 11 is 5.72. The van der Waals surface area contributed by atoms with Gasteiger partial charge in [-0.15, -0.1) is 0 Å². The summed E-state index contributed by atoms with van der Waals surface area (Å²) in [6.45, 7) is 2.06. The zero-order chi connectivity index (χ0) is 9.26. The smallest absolute Gasteiger partial charge is 0.134 e. The summed E-state index contributed by atoms with van der Waals surface area (Å²) in [5.74, 6) is 0.717. The second kappa shape index (κ2) is 3.56. The Balaban J connectivity index is 2.25. The second-order valence-corrected chi connectivity index (χ2v) is 3.81. The lowest BCUT2D eigenvalue weighted by atomic mass is 9.98. The van der Waals surface area contributed by atoms with Crippen LogP contribution in [0.15, 0.2) is 18.2 Å². The molecular weight excluding hydrogens is 186 g/mol. The summed E-state index contributed by atoms with van der Waals surface area (Å²) in [4.78, 5) is 0. The summed E-state index contributed by atoms with van der Waals surface area (Å²) in [6, 6.07) is 5.50. The molecule has 0 radical (unpaired) electrons. The van der Waals surface area contributed by atoms with Crippen LogP contribution in [0.1, 0.15) is 17.9 Å². The predicted molar refractivity (Wildman–Crippen MR) is 53.3 cm³/mol. The van der Waals surface area contributed by atoms with E-state index < -0.39 is 0 Å². The van der Waals surface area contributed by atoms with Gasteiger partial charge in [0.15, 0.2) is 0 Å². The Bertz CT molecular complexity index is 308. The first-order chi connectivity index (χ1) is 6.27. The minimum atomic E-state index is 0.186. The fourth-order valence-electron chi connectivity index (χ4n) is 1.72. The molecule has 0 aromatic heterocycles. The molecule has 1 fully saturated rings. The maximum absolute atomic E-state index is 9.41. The monoisotopic (exact) mass is 197 g/mol. The lowest BCUT2D eigenvalue weighted by Crippen LogP contribution is -2.07. The largest absolute Gasteiger partial charge is 0.506 e. The summed E-state index contributed by atoms with van der Waals surface area (Å²) < 4.78 is 0. The van der Waals surface area contributed by atoms with E-state index in [1.165, 1.54) is 5.56 Å². The van der Waals surface area contributed by atoms with Gasteiger partial charge in [-0.25, -0.2) is 0 Å². The highest BCUT2D eigenvalue weighted by Crippen LogP contribution is 2.29. The molecule has 2 N–H and O–H groups in total. The van der Waals surface area contributed by atoms with Gasteiger partial charge in [0, 0.05) is 6.54 Å². The highest BCUT2D eigenvalue weighted by molar-refractivity contribution is 6.32. The van der Waals surface area contributed by atoms with Crippen molar-refractivity contribution in [3.8, 4) is 5.75 Å². The Morgan fingerprint density at radius 3 is 2.92 bits per heavy atom. The number of phenolic OH excluding ortho intramolecular Hbond substituents is 1. The molecule has 1 atom stereocenters. The number of hydrogen-bond donors (Lipinski definition) is 2. The van der Waals surface area contributed by atoms with Crippen LogP contribution in [0, 0.1) is 0 Å². The zero-order valence-electron chi connectivity index (χ0n) is 7.26. The average Bonchev–Trinajstić information content (AvgIpc) is 2.62. The summed E-state index contributed by atoms with van der Waals surface area (Å²) in [5, 5.41) is 13.1. The number of hydrogen-bond acceptors (Lipinski definition) is 2. The van der Waals surface area contributed by atoms with E-state index in [1.54, 1.807) is 12.1 Å². The molecule has 1 aromatic rings. The number of aromatic hydroxyl groups is 1. The minimum absolute atomic E-state index is 0.186. The molecular formula is C10H12ClNO. The van der Waals surface area contributed by atoms with E-state index in [0.717, 1.165) is 19.5 Å². The molecule has 2 nitrogen and oxygen atoms in total. The lowest BCUT2D eigenvalue weighted by Gasteiger charge is -2.09. The predicted octanol–water partition coefficient (Wildman–Crippen LogP) is 2.12. The Hall–Kier alpha value is -0.730. The normalized spacial score (nSPS) is 22.1. The standard InChI is InChI=1S/C10H12ClNO/c11-9-2-1-7(5-10(9)13)8-3-4-12-6-8/h1-2,5,8,12-13H,3-4,6H2/t8-/m0/s1. The van der Waals surface area contributed by atoms with Gasteiger partial charge >= 0.3 is 0 Å². The van der Waals surface area contributed by atoms with E-state index in [4.69, 9.17) is 11.6 Å². The molecule has 2 rings (SSSR count). The van der Waals surface area contributed by atoms with E-state index in [-0.39, 0.29) is 5.75 Å². The van der Waals surface area contributed by atoms with Crippen molar-refractivity contribution in [3.63, 3.8) is 0 Å². The molecule has 1 aromatic carbocycles. The molecule has 0 aliphatic carbocycles. The molecule has 1 saturated heterocycles. The highest BCUT2D eigenvalue weighted by Gasteiger charge is 2.17. The van der Waals surface area contributed by atoms with Crippen LogP contribution >= 0.6 is 11.6 Å². The maximum atomic E-state index is 9.41. The first-order valence-electron chi connectivity index (χ1n) is 4.46. The van der Waals surface area contributed by atoms with Crippen LogP contribution in [0.5, 0.6) is 5.75 Å². The Labute approximate surface area is 82.5 Å². The summed E-state index contributed by atoms with van der Waals surface area (Å²) in [7, 11) is 0. The number of halogens is 1. The Kier molecular flexibility index (Phi) is 2.42. The SMILES string of the molecule is Oc1cc([C@H]2CCNC2)ccc1Cl. The molecule has 1 aliphatic rings. The molecule has 0 unspecified atom stereocenters. The van der Waals surface area contributed by atoms with Crippen LogP contribution in [0.4, 0.5) is 0 Å². The molecule has 0 saturated carbocycles. The van der Waals surface area contributed by atoms with Gasteiger partial charge in [-0.3, -0.25) is 0 Å². The second-order valence-electron chi connectivity index (χ2n) is 3.40. The Morgan fingerprint density at radius 1 is 1.46 bits per heavy atom. The molecule has 0 amide bonds. The van der Waals surface area contributed by atoms with E-state index >= 15 is 0 Å². The van der Waals surface area contributed by atoms with Gasteiger partial charge in [0.05, 0.1) is 5.02 Å². The van der Waals surface area contributed by atoms with Crippen molar-refractivity contribution in [1.29, 1.82) is 0 Å². The van der Waals surface area contributed by atoms with Crippen molar-refractivity contribution in [1.82, 2.24) is 5.32 Å². The minimum Gasteiger partial charge on any atom is -0.506 e. The summed E-state index contributed by atoms with van der Waals surface area (Å²) in [6.07, 6.45) is 1.14. The molecule has 1 aliphatic heterocycles. The van der Waals surface area contributed by atoms with Crippen molar-refractivity contribution in [3.05, 3.63) is 28.8 Å². The van der Waals surface area contributed by atoms with Crippen LogP contribution in [0.25, 0.3) is 0 Å². The van der Waals surface area contributed by atoms with Crippen molar-refractivity contribution >= 4 is 11.6 Å². The number of benzene rings is 1. The van der Waals surface area contributed by atoms with Gasteiger partial charge in [0.2, 0.25) is 0 Å². The van der Waals surface area contributed by atoms with Crippen LogP contribution in [0.2, 0.25) is 5.02 Å². The molecule has 3 heteroatoms. The lowest BCUT2D eigenvalue weighted by molar-refractivity contribution is 0.474. The van der Waals surface area contributed by atoms with Crippen LogP contribution in [-0.4, -0.2) is 18.2 Å². The molecule has 0 bridgehead atoms. The van der Waals surface area contributed by atoms with Crippen LogP contribution in [0.3, 0.4) is 0 Å².